The third kappa shape index (κ3) is 3.26. The van der Waals surface area contributed by atoms with E-state index in [1.54, 1.807) is 7.05 Å². The lowest BCUT2D eigenvalue weighted by atomic mass is 9.92. The second kappa shape index (κ2) is 6.06. The van der Waals surface area contributed by atoms with Crippen LogP contribution in [0.5, 0.6) is 0 Å². The highest BCUT2D eigenvalue weighted by molar-refractivity contribution is 5.96. The van der Waals surface area contributed by atoms with Crippen LogP contribution in [0.3, 0.4) is 0 Å². The van der Waals surface area contributed by atoms with Crippen LogP contribution in [0, 0.1) is 6.92 Å². The molecule has 0 bridgehead atoms. The molecular weight excluding hydrogens is 240 g/mol. The highest BCUT2D eigenvalue weighted by atomic mass is 16.3. The van der Waals surface area contributed by atoms with Gasteiger partial charge in [-0.3, -0.25) is 4.79 Å². The van der Waals surface area contributed by atoms with Crippen LogP contribution >= 0.6 is 0 Å². The van der Waals surface area contributed by atoms with Crippen LogP contribution in [0.2, 0.25) is 0 Å². The van der Waals surface area contributed by atoms with E-state index in [-0.39, 0.29) is 12.0 Å². The third-order valence-corrected chi connectivity index (χ3v) is 3.86. The summed E-state index contributed by atoms with van der Waals surface area (Å²) in [5.74, 6) is -0.0554. The van der Waals surface area contributed by atoms with Crippen molar-refractivity contribution in [1.29, 1.82) is 0 Å². The van der Waals surface area contributed by atoms with Crippen molar-refractivity contribution in [2.24, 2.45) is 0 Å². The number of aliphatic hydroxyl groups excluding tert-OH is 1. The van der Waals surface area contributed by atoms with E-state index in [4.69, 9.17) is 0 Å². The zero-order valence-corrected chi connectivity index (χ0v) is 11.6. The Morgan fingerprint density at radius 3 is 2.58 bits per heavy atom. The summed E-state index contributed by atoms with van der Waals surface area (Å²) in [5, 5.41) is 15.7. The maximum atomic E-state index is 11.7. The van der Waals surface area contributed by atoms with E-state index < -0.39 is 0 Å². The number of nitrogens with one attached hydrogen (secondary N) is 2. The number of anilines is 1. The molecule has 0 radical (unpaired) electrons. The van der Waals surface area contributed by atoms with Crippen molar-refractivity contribution in [1.82, 2.24) is 5.32 Å². The molecule has 19 heavy (non-hydrogen) atoms. The number of benzene rings is 1. The molecule has 0 unspecified atom stereocenters. The number of carbonyl (C=O) groups is 1. The fraction of sp³-hybridized carbons (Fsp3) is 0.533. The Balaban J connectivity index is 2.10. The van der Waals surface area contributed by atoms with Crippen LogP contribution in [0.1, 0.15) is 41.6 Å². The van der Waals surface area contributed by atoms with Crippen molar-refractivity contribution >= 4 is 11.6 Å². The highest BCUT2D eigenvalue weighted by Crippen LogP contribution is 2.25. The minimum absolute atomic E-state index is 0.0554. The van der Waals surface area contributed by atoms with Gasteiger partial charge in [0.1, 0.15) is 0 Å². The normalized spacial score (nSPS) is 22.9. The van der Waals surface area contributed by atoms with Gasteiger partial charge in [0.05, 0.1) is 6.10 Å². The van der Waals surface area contributed by atoms with E-state index in [1.807, 2.05) is 25.1 Å². The van der Waals surface area contributed by atoms with Crippen LogP contribution < -0.4 is 10.6 Å². The van der Waals surface area contributed by atoms with Gasteiger partial charge >= 0.3 is 0 Å². The van der Waals surface area contributed by atoms with E-state index in [2.05, 4.69) is 10.6 Å². The Labute approximate surface area is 114 Å². The molecule has 0 saturated heterocycles. The lowest BCUT2D eigenvalue weighted by Gasteiger charge is -2.28. The summed E-state index contributed by atoms with van der Waals surface area (Å²) in [6, 6.07) is 6.14. The zero-order chi connectivity index (χ0) is 13.8. The van der Waals surface area contributed by atoms with Gasteiger partial charge in [-0.15, -0.1) is 0 Å². The molecule has 1 fully saturated rings. The predicted molar refractivity (Wildman–Crippen MR) is 76.5 cm³/mol. The first kappa shape index (κ1) is 13.9. The van der Waals surface area contributed by atoms with Gasteiger partial charge in [0.2, 0.25) is 0 Å². The van der Waals surface area contributed by atoms with E-state index in [9.17, 15) is 9.90 Å². The topological polar surface area (TPSA) is 61.4 Å². The van der Waals surface area contributed by atoms with Gasteiger partial charge < -0.3 is 15.7 Å². The third-order valence-electron chi connectivity index (χ3n) is 3.86. The smallest absolute Gasteiger partial charge is 0.251 e. The van der Waals surface area contributed by atoms with Gasteiger partial charge in [-0.25, -0.2) is 0 Å². The van der Waals surface area contributed by atoms with Crippen LogP contribution in [-0.2, 0) is 0 Å². The molecule has 1 amide bonds. The molecule has 2 rings (SSSR count). The number of rotatable bonds is 3. The molecule has 4 heteroatoms. The molecule has 1 aromatic rings. The van der Waals surface area contributed by atoms with Crippen molar-refractivity contribution in [3.05, 3.63) is 29.3 Å². The number of amides is 1. The van der Waals surface area contributed by atoms with Gasteiger partial charge in [0.25, 0.3) is 5.91 Å². The fourth-order valence-corrected chi connectivity index (χ4v) is 2.61. The van der Waals surface area contributed by atoms with Crippen molar-refractivity contribution < 1.29 is 9.90 Å². The zero-order valence-electron chi connectivity index (χ0n) is 11.6. The Morgan fingerprint density at radius 2 is 1.95 bits per heavy atom. The second-order valence-corrected chi connectivity index (χ2v) is 5.21. The Kier molecular flexibility index (Phi) is 4.43. The molecule has 0 aliphatic heterocycles. The number of hydrogen-bond acceptors (Lipinski definition) is 3. The van der Waals surface area contributed by atoms with Crippen molar-refractivity contribution in [3.63, 3.8) is 0 Å². The van der Waals surface area contributed by atoms with E-state index >= 15 is 0 Å². The van der Waals surface area contributed by atoms with Crippen molar-refractivity contribution in [2.45, 2.75) is 44.8 Å². The minimum atomic E-state index is -0.142. The minimum Gasteiger partial charge on any atom is -0.393 e. The summed E-state index contributed by atoms with van der Waals surface area (Å²) < 4.78 is 0. The van der Waals surface area contributed by atoms with E-state index in [0.29, 0.717) is 11.6 Å². The van der Waals surface area contributed by atoms with Crippen LogP contribution in [-0.4, -0.2) is 30.2 Å². The van der Waals surface area contributed by atoms with Gasteiger partial charge in [0, 0.05) is 24.3 Å². The summed E-state index contributed by atoms with van der Waals surface area (Å²) in [4.78, 5) is 11.7. The highest BCUT2D eigenvalue weighted by Gasteiger charge is 2.20. The second-order valence-electron chi connectivity index (χ2n) is 5.21. The Hall–Kier alpha value is -1.55. The number of carbonyl (C=O) groups excluding carboxylic acids is 1. The fourth-order valence-electron chi connectivity index (χ4n) is 2.61. The maximum absolute atomic E-state index is 11.7. The first-order valence-corrected chi connectivity index (χ1v) is 6.88. The summed E-state index contributed by atoms with van der Waals surface area (Å²) >= 11 is 0. The molecule has 0 spiro atoms. The van der Waals surface area contributed by atoms with Crippen molar-refractivity contribution in [2.75, 3.05) is 12.4 Å². The molecular formula is C15H22N2O2. The Bertz CT molecular complexity index is 451. The molecule has 1 aliphatic rings. The van der Waals surface area contributed by atoms with Crippen LogP contribution in [0.15, 0.2) is 18.2 Å². The quantitative estimate of drug-likeness (QED) is 0.781. The lowest BCUT2D eigenvalue weighted by Crippen LogP contribution is -2.28. The molecule has 0 atom stereocenters. The lowest BCUT2D eigenvalue weighted by molar-refractivity contribution is 0.0962. The molecule has 1 saturated carbocycles. The summed E-state index contributed by atoms with van der Waals surface area (Å²) in [7, 11) is 1.64. The Morgan fingerprint density at radius 1 is 1.26 bits per heavy atom. The van der Waals surface area contributed by atoms with Gasteiger partial charge in [-0.1, -0.05) is 6.07 Å². The molecule has 1 aliphatic carbocycles. The summed E-state index contributed by atoms with van der Waals surface area (Å²) in [6.45, 7) is 1.96. The monoisotopic (exact) mass is 262 g/mol. The average Bonchev–Trinajstić information content (AvgIpc) is 2.43. The van der Waals surface area contributed by atoms with Gasteiger partial charge in [-0.05, 0) is 50.3 Å². The standard InChI is InChI=1S/C15H22N2O2/c1-10-13(15(19)16-2)4-3-5-14(10)17-11-6-8-12(18)9-7-11/h3-5,11-12,17-18H,6-9H2,1-2H3,(H,16,19). The number of aliphatic hydroxyl groups is 1. The van der Waals surface area contributed by atoms with Gasteiger partial charge in [-0.2, -0.15) is 0 Å². The molecule has 104 valence electrons. The molecule has 4 nitrogen and oxygen atoms in total. The van der Waals surface area contributed by atoms with Crippen LogP contribution in [0.25, 0.3) is 0 Å². The average molecular weight is 262 g/mol. The van der Waals surface area contributed by atoms with E-state index in [0.717, 1.165) is 36.9 Å². The molecule has 0 aromatic heterocycles. The summed E-state index contributed by atoms with van der Waals surface area (Å²) in [5.41, 5.74) is 2.71. The van der Waals surface area contributed by atoms with Crippen LogP contribution in [0.4, 0.5) is 5.69 Å². The SMILES string of the molecule is CNC(=O)c1cccc(NC2CCC(O)CC2)c1C. The molecule has 1 aromatic carbocycles. The van der Waals surface area contributed by atoms with Gasteiger partial charge in [0.15, 0.2) is 0 Å². The molecule has 0 heterocycles. The van der Waals surface area contributed by atoms with E-state index in [1.165, 1.54) is 0 Å². The maximum Gasteiger partial charge on any atom is 0.251 e. The first-order chi connectivity index (χ1) is 9.11. The predicted octanol–water partition coefficient (Wildman–Crippen LogP) is 2.07. The first-order valence-electron chi connectivity index (χ1n) is 6.88. The molecule has 3 N–H and O–H groups in total. The number of hydrogen-bond donors (Lipinski definition) is 3. The summed E-state index contributed by atoms with van der Waals surface area (Å²) in [6.07, 6.45) is 3.52. The largest absolute Gasteiger partial charge is 0.393 e. The van der Waals surface area contributed by atoms with Crippen molar-refractivity contribution in [3.8, 4) is 0 Å².